The molecule has 0 bridgehead atoms. The number of halogens is 1. The predicted octanol–water partition coefficient (Wildman–Crippen LogP) is 4.06. The van der Waals surface area contributed by atoms with Gasteiger partial charge in [0.05, 0.1) is 13.1 Å². The second-order valence-electron chi connectivity index (χ2n) is 12.1. The number of anilines is 1. The third kappa shape index (κ3) is 8.78. The van der Waals surface area contributed by atoms with Gasteiger partial charge in [0.2, 0.25) is 17.6 Å². The summed E-state index contributed by atoms with van der Waals surface area (Å²) in [7, 11) is 1.67. The molecule has 0 saturated heterocycles. The van der Waals surface area contributed by atoms with Crippen molar-refractivity contribution in [2.45, 2.75) is 60.2 Å². The number of nitrogens with one attached hydrogen (secondary N) is 1. The maximum Gasteiger partial charge on any atom is 0.410 e. The van der Waals surface area contributed by atoms with Crippen LogP contribution in [0.1, 0.15) is 50.3 Å². The second-order valence-corrected chi connectivity index (χ2v) is 12.1. The van der Waals surface area contributed by atoms with Crippen molar-refractivity contribution >= 4 is 23.6 Å². The summed E-state index contributed by atoms with van der Waals surface area (Å²) in [5.41, 5.74) is 3.41. The summed E-state index contributed by atoms with van der Waals surface area (Å²) in [6.45, 7) is 12.4. The third-order valence-electron chi connectivity index (χ3n) is 7.38. The highest BCUT2D eigenvalue weighted by Gasteiger charge is 2.28. The Hall–Kier alpha value is -4.52. The van der Waals surface area contributed by atoms with Gasteiger partial charge in [0, 0.05) is 57.9 Å². The summed E-state index contributed by atoms with van der Waals surface area (Å²) in [4.78, 5) is 46.8. The van der Waals surface area contributed by atoms with Crippen LogP contribution in [0, 0.1) is 19.7 Å². The Balaban J connectivity index is 1.46. The summed E-state index contributed by atoms with van der Waals surface area (Å²) in [6, 6.07) is 10.2. The molecule has 2 heterocycles. The Labute approximate surface area is 263 Å². The first-order valence-corrected chi connectivity index (χ1v) is 14.9. The molecule has 0 fully saturated rings. The van der Waals surface area contributed by atoms with Gasteiger partial charge in [-0.15, -0.1) is 0 Å². The van der Waals surface area contributed by atoms with E-state index in [4.69, 9.17) is 9.26 Å². The van der Waals surface area contributed by atoms with Crippen molar-refractivity contribution in [3.05, 3.63) is 64.8 Å². The van der Waals surface area contributed by atoms with Crippen LogP contribution >= 0.6 is 0 Å². The molecule has 2 aromatic carbocycles. The number of likely N-dealkylation sites (N-methyl/N-ethyl adjacent to an activating group) is 2. The predicted molar refractivity (Wildman–Crippen MR) is 166 cm³/mol. The summed E-state index contributed by atoms with van der Waals surface area (Å²) in [5, 5.41) is 10.2. The lowest BCUT2D eigenvalue weighted by molar-refractivity contribution is -0.145. The zero-order valence-corrected chi connectivity index (χ0v) is 27.0. The number of hydrogen-bond acceptors (Lipinski definition) is 9. The third-order valence-corrected chi connectivity index (χ3v) is 7.38. The first-order chi connectivity index (χ1) is 21.2. The molecular weight excluding hydrogens is 581 g/mol. The largest absolute Gasteiger partial charge is 0.444 e. The van der Waals surface area contributed by atoms with Crippen LogP contribution in [0.15, 0.2) is 40.9 Å². The minimum absolute atomic E-state index is 0.0916. The highest BCUT2D eigenvalue weighted by molar-refractivity contribution is 5.87. The highest BCUT2D eigenvalue weighted by atomic mass is 19.1. The van der Waals surface area contributed by atoms with Gasteiger partial charge in [-0.05, 0) is 81.6 Å². The molecule has 12 nitrogen and oxygen atoms in total. The molecule has 3 aromatic rings. The molecule has 242 valence electrons. The Morgan fingerprint density at radius 1 is 1.07 bits per heavy atom. The van der Waals surface area contributed by atoms with E-state index in [9.17, 15) is 18.8 Å². The number of hydrazine groups is 1. The minimum atomic E-state index is -0.627. The quantitative estimate of drug-likeness (QED) is 0.337. The number of fused-ring (bicyclic) bond motifs is 1. The van der Waals surface area contributed by atoms with E-state index in [1.807, 2.05) is 37.1 Å². The fourth-order valence-corrected chi connectivity index (χ4v) is 5.04. The van der Waals surface area contributed by atoms with Crippen molar-refractivity contribution in [3.63, 3.8) is 0 Å². The number of aryl methyl sites for hydroxylation is 2. The molecule has 3 amide bonds. The smallest absolute Gasteiger partial charge is 0.410 e. The van der Waals surface area contributed by atoms with Crippen LogP contribution < -0.4 is 10.2 Å². The molecule has 0 unspecified atom stereocenters. The fraction of sp³-hybridized carbons (Fsp3) is 0.469. The Morgan fingerprint density at radius 2 is 1.80 bits per heavy atom. The van der Waals surface area contributed by atoms with Crippen molar-refractivity contribution in [1.29, 1.82) is 0 Å². The van der Waals surface area contributed by atoms with Crippen molar-refractivity contribution in [2.75, 3.05) is 44.7 Å². The molecule has 0 saturated carbocycles. The van der Waals surface area contributed by atoms with Crippen LogP contribution in [0.3, 0.4) is 0 Å². The van der Waals surface area contributed by atoms with Crippen LogP contribution in [0.4, 0.5) is 14.9 Å². The number of ether oxygens (including phenoxy) is 1. The van der Waals surface area contributed by atoms with Crippen LogP contribution in [-0.4, -0.2) is 88.3 Å². The van der Waals surface area contributed by atoms with E-state index in [1.165, 1.54) is 22.0 Å². The lowest BCUT2D eigenvalue weighted by Crippen LogP contribution is -2.48. The van der Waals surface area contributed by atoms with Crippen LogP contribution in [0.5, 0.6) is 0 Å². The average Bonchev–Trinajstić information content (AvgIpc) is 3.59. The summed E-state index contributed by atoms with van der Waals surface area (Å²) in [5.74, 6) is 0.0174. The molecule has 45 heavy (non-hydrogen) atoms. The summed E-state index contributed by atoms with van der Waals surface area (Å²) in [6.07, 6.45) is -0.450. The first-order valence-electron chi connectivity index (χ1n) is 14.9. The molecule has 1 N–H and O–H groups in total. The molecule has 1 aliphatic heterocycles. The second kappa shape index (κ2) is 14.1. The number of benzene rings is 2. The van der Waals surface area contributed by atoms with Gasteiger partial charge in [-0.2, -0.15) is 4.98 Å². The van der Waals surface area contributed by atoms with Crippen LogP contribution in [-0.2, 0) is 27.4 Å². The minimum Gasteiger partial charge on any atom is -0.444 e. The number of rotatable bonds is 11. The van der Waals surface area contributed by atoms with Crippen molar-refractivity contribution in [2.24, 2.45) is 0 Å². The number of carbonyl (C=O) groups excluding carboxylic acids is 3. The Morgan fingerprint density at radius 3 is 2.44 bits per heavy atom. The number of carbonyl (C=O) groups is 3. The topological polar surface area (TPSA) is 124 Å². The molecule has 0 radical (unpaired) electrons. The van der Waals surface area contributed by atoms with Gasteiger partial charge in [-0.1, -0.05) is 11.2 Å². The lowest BCUT2D eigenvalue weighted by atomic mass is 10.1. The van der Waals surface area contributed by atoms with E-state index in [-0.39, 0.29) is 43.8 Å². The van der Waals surface area contributed by atoms with Gasteiger partial charge in [0.1, 0.15) is 11.4 Å². The first kappa shape index (κ1) is 33.4. The van der Waals surface area contributed by atoms with Gasteiger partial charge in [-0.3, -0.25) is 14.6 Å². The van der Waals surface area contributed by atoms with Crippen LogP contribution in [0.2, 0.25) is 0 Å². The van der Waals surface area contributed by atoms with Gasteiger partial charge in [-0.25, -0.2) is 14.2 Å². The van der Waals surface area contributed by atoms with Gasteiger partial charge < -0.3 is 24.4 Å². The molecule has 1 aliphatic rings. The molecule has 13 heteroatoms. The van der Waals surface area contributed by atoms with E-state index in [2.05, 4.69) is 15.5 Å². The van der Waals surface area contributed by atoms with Gasteiger partial charge in [0.25, 0.3) is 5.91 Å². The molecule has 0 aliphatic carbocycles. The van der Waals surface area contributed by atoms with E-state index in [0.717, 1.165) is 22.3 Å². The van der Waals surface area contributed by atoms with Crippen molar-refractivity contribution in [3.8, 4) is 11.4 Å². The van der Waals surface area contributed by atoms with E-state index in [1.54, 1.807) is 45.7 Å². The number of aromatic nitrogens is 2. The normalized spacial score (nSPS) is 12.9. The van der Waals surface area contributed by atoms with Gasteiger partial charge in [0.15, 0.2) is 0 Å². The average molecular weight is 624 g/mol. The maximum absolute atomic E-state index is 13.8. The molecular formula is C32H42FN7O5. The molecule has 0 spiro atoms. The van der Waals surface area contributed by atoms with Crippen molar-refractivity contribution < 1.29 is 28.0 Å². The molecule has 1 aromatic heterocycles. The lowest BCUT2D eigenvalue weighted by Gasteiger charge is -2.32. The Kier molecular flexibility index (Phi) is 10.4. The number of nitrogens with zero attached hydrogens (tertiary/aromatic N) is 6. The molecule has 4 rings (SSSR count). The highest BCUT2D eigenvalue weighted by Crippen LogP contribution is 2.27. The monoisotopic (exact) mass is 623 g/mol. The molecule has 0 atom stereocenters. The summed E-state index contributed by atoms with van der Waals surface area (Å²) >= 11 is 0. The van der Waals surface area contributed by atoms with E-state index < -0.39 is 11.7 Å². The number of hydrogen-bond donors (Lipinski definition) is 1. The zero-order valence-electron chi connectivity index (χ0n) is 27.0. The van der Waals surface area contributed by atoms with E-state index >= 15 is 0 Å². The maximum atomic E-state index is 13.8. The Bertz CT molecular complexity index is 1540. The van der Waals surface area contributed by atoms with Crippen LogP contribution in [0.25, 0.3) is 11.4 Å². The van der Waals surface area contributed by atoms with E-state index in [0.29, 0.717) is 37.0 Å². The van der Waals surface area contributed by atoms with Gasteiger partial charge >= 0.3 is 6.09 Å². The fourth-order valence-electron chi connectivity index (χ4n) is 5.04. The standard InChI is InChI=1S/C32H42FN7O5/c1-8-38(31(43)44-32(4,5)6)14-13-34-28(41)19-39(27-12-10-23(15-21(27)2)30-35-22(3)45-36-30)20-29(42)37(7)40-17-24-9-11-26(33)16-25(24)18-40/h9-12,15-16H,8,13-14,17-20H2,1-7H3,(H,34,41). The SMILES string of the molecule is CCN(CCNC(=O)CN(CC(=O)N(C)N1Cc2ccc(F)cc2C1)c1ccc(-c2noc(C)n2)cc1C)C(=O)OC(C)(C)C. The number of amides is 3. The van der Waals surface area contributed by atoms with Crippen molar-refractivity contribution in [1.82, 2.24) is 30.4 Å². The zero-order chi connectivity index (χ0) is 32.9. The summed E-state index contributed by atoms with van der Waals surface area (Å²) < 4.78 is 24.3.